The lowest BCUT2D eigenvalue weighted by molar-refractivity contribution is -0.119. The number of carbonyl (C=O) groups excluding carboxylic acids is 2. The lowest BCUT2D eigenvalue weighted by atomic mass is 10.1. The Morgan fingerprint density at radius 2 is 1.92 bits per heavy atom. The molecule has 2 amide bonds. The molecule has 2 aromatic rings. The van der Waals surface area contributed by atoms with Gasteiger partial charge in [-0.1, -0.05) is 17.8 Å². The average molecular weight is 381 g/mol. The first-order chi connectivity index (χ1) is 12.2. The van der Waals surface area contributed by atoms with Crippen molar-refractivity contribution < 1.29 is 14.0 Å². The summed E-state index contributed by atoms with van der Waals surface area (Å²) in [4.78, 5) is 47.1. The molecule has 2 rings (SSSR count). The molecule has 11 heteroatoms. The van der Waals surface area contributed by atoms with Crippen molar-refractivity contribution in [3.8, 4) is 0 Å². The maximum absolute atomic E-state index is 13.4. The summed E-state index contributed by atoms with van der Waals surface area (Å²) in [6, 6.07) is 3.93. The Morgan fingerprint density at radius 1 is 1.23 bits per heavy atom. The van der Waals surface area contributed by atoms with Crippen molar-refractivity contribution in [2.45, 2.75) is 11.9 Å². The fourth-order valence-corrected chi connectivity index (χ4v) is 2.64. The zero-order valence-electron chi connectivity index (χ0n) is 14.2. The summed E-state index contributed by atoms with van der Waals surface area (Å²) in [6.45, 7) is 1.56. The predicted octanol–water partition coefficient (Wildman–Crippen LogP) is -0.520. The van der Waals surface area contributed by atoms with E-state index in [-0.39, 0.29) is 16.3 Å². The van der Waals surface area contributed by atoms with Crippen LogP contribution in [0.5, 0.6) is 0 Å². The minimum Gasteiger partial charge on any atom is -0.272 e. The summed E-state index contributed by atoms with van der Waals surface area (Å²) < 4.78 is 15.3. The van der Waals surface area contributed by atoms with Crippen LogP contribution in [0.1, 0.15) is 15.9 Å². The minimum atomic E-state index is -0.682. The second-order valence-corrected chi connectivity index (χ2v) is 6.29. The third kappa shape index (κ3) is 4.36. The van der Waals surface area contributed by atoms with E-state index in [1.807, 2.05) is 0 Å². The SMILES string of the molecule is Cc1ccc(C(=O)NNC(=O)CSc2nn(C)c(=O)n(C)c2=O)cc1F. The van der Waals surface area contributed by atoms with E-state index in [9.17, 15) is 23.6 Å². The second-order valence-electron chi connectivity index (χ2n) is 5.33. The molecule has 0 atom stereocenters. The molecule has 0 aliphatic rings. The van der Waals surface area contributed by atoms with Crippen molar-refractivity contribution >= 4 is 23.6 Å². The Labute approximate surface area is 151 Å². The molecule has 0 radical (unpaired) electrons. The first kappa shape index (κ1) is 19.4. The van der Waals surface area contributed by atoms with Crippen LogP contribution in [0.4, 0.5) is 4.39 Å². The largest absolute Gasteiger partial charge is 0.346 e. The van der Waals surface area contributed by atoms with Crippen LogP contribution in [0, 0.1) is 12.7 Å². The highest BCUT2D eigenvalue weighted by Crippen LogP contribution is 2.09. The van der Waals surface area contributed by atoms with Crippen LogP contribution in [0.15, 0.2) is 32.8 Å². The molecule has 0 aliphatic carbocycles. The molecule has 0 bridgehead atoms. The van der Waals surface area contributed by atoms with E-state index in [0.717, 1.165) is 27.1 Å². The van der Waals surface area contributed by atoms with Crippen LogP contribution >= 0.6 is 11.8 Å². The third-order valence-electron chi connectivity index (χ3n) is 3.38. The molecule has 1 aromatic heterocycles. The summed E-state index contributed by atoms with van der Waals surface area (Å²) >= 11 is 0.817. The van der Waals surface area contributed by atoms with Crippen molar-refractivity contribution in [1.82, 2.24) is 25.2 Å². The van der Waals surface area contributed by atoms with Gasteiger partial charge in [0.05, 0.1) is 5.75 Å². The molecule has 1 heterocycles. The Morgan fingerprint density at radius 3 is 2.58 bits per heavy atom. The average Bonchev–Trinajstić information content (AvgIpc) is 2.62. The molecule has 9 nitrogen and oxygen atoms in total. The molecular formula is C15H16FN5O4S. The summed E-state index contributed by atoms with van der Waals surface area (Å²) in [5.74, 6) is -2.04. The lowest BCUT2D eigenvalue weighted by Gasteiger charge is -2.08. The zero-order chi connectivity index (χ0) is 19.4. The van der Waals surface area contributed by atoms with Gasteiger partial charge in [-0.05, 0) is 24.6 Å². The van der Waals surface area contributed by atoms with Gasteiger partial charge < -0.3 is 0 Å². The molecule has 0 saturated heterocycles. The number of thioether (sulfide) groups is 1. The van der Waals surface area contributed by atoms with Gasteiger partial charge in [0.25, 0.3) is 11.5 Å². The quantitative estimate of drug-likeness (QED) is 0.544. The van der Waals surface area contributed by atoms with Gasteiger partial charge in [-0.3, -0.25) is 29.8 Å². The highest BCUT2D eigenvalue weighted by Gasteiger charge is 2.13. The van der Waals surface area contributed by atoms with E-state index in [0.29, 0.717) is 5.56 Å². The number of nitrogens with zero attached hydrogens (tertiary/aromatic N) is 3. The fourth-order valence-electron chi connectivity index (χ4n) is 1.86. The topological polar surface area (TPSA) is 115 Å². The molecular weight excluding hydrogens is 365 g/mol. The van der Waals surface area contributed by atoms with Gasteiger partial charge in [0, 0.05) is 19.7 Å². The molecule has 26 heavy (non-hydrogen) atoms. The Balaban J connectivity index is 1.93. The number of benzene rings is 1. The highest BCUT2D eigenvalue weighted by atomic mass is 32.2. The number of rotatable bonds is 4. The lowest BCUT2D eigenvalue weighted by Crippen LogP contribution is -2.43. The number of hydrogen-bond acceptors (Lipinski definition) is 6. The van der Waals surface area contributed by atoms with Crippen LogP contribution < -0.4 is 22.1 Å². The number of carbonyl (C=O) groups is 2. The van der Waals surface area contributed by atoms with Crippen LogP contribution in [0.25, 0.3) is 0 Å². The van der Waals surface area contributed by atoms with Crippen molar-refractivity contribution in [2.75, 3.05) is 5.75 Å². The van der Waals surface area contributed by atoms with Gasteiger partial charge >= 0.3 is 5.69 Å². The van der Waals surface area contributed by atoms with Gasteiger partial charge in [0.2, 0.25) is 5.91 Å². The van der Waals surface area contributed by atoms with E-state index in [4.69, 9.17) is 0 Å². The van der Waals surface area contributed by atoms with Crippen LogP contribution in [0.3, 0.4) is 0 Å². The summed E-state index contributed by atoms with van der Waals surface area (Å²) in [5, 5.41) is 3.76. The van der Waals surface area contributed by atoms with Gasteiger partial charge in [0.15, 0.2) is 5.03 Å². The van der Waals surface area contributed by atoms with E-state index in [1.54, 1.807) is 6.92 Å². The van der Waals surface area contributed by atoms with Crippen molar-refractivity contribution in [3.05, 3.63) is 56.0 Å². The number of amides is 2. The monoisotopic (exact) mass is 381 g/mol. The third-order valence-corrected chi connectivity index (χ3v) is 4.32. The predicted molar refractivity (Wildman–Crippen MR) is 92.2 cm³/mol. The van der Waals surface area contributed by atoms with E-state index >= 15 is 0 Å². The van der Waals surface area contributed by atoms with Crippen LogP contribution in [0.2, 0.25) is 0 Å². The number of nitrogens with one attached hydrogen (secondary N) is 2. The van der Waals surface area contributed by atoms with Gasteiger partial charge in [0.1, 0.15) is 5.82 Å². The summed E-state index contributed by atoms with van der Waals surface area (Å²) in [7, 11) is 2.68. The number of aromatic nitrogens is 3. The van der Waals surface area contributed by atoms with Gasteiger partial charge in [-0.2, -0.15) is 5.10 Å². The Kier molecular flexibility index (Phi) is 5.93. The molecule has 0 fully saturated rings. The van der Waals surface area contributed by atoms with Gasteiger partial charge in [-0.15, -0.1) is 0 Å². The maximum Gasteiger partial charge on any atom is 0.346 e. The van der Waals surface area contributed by atoms with Crippen molar-refractivity contribution in [3.63, 3.8) is 0 Å². The van der Waals surface area contributed by atoms with E-state index < -0.39 is 28.9 Å². The maximum atomic E-state index is 13.4. The highest BCUT2D eigenvalue weighted by molar-refractivity contribution is 7.99. The first-order valence-electron chi connectivity index (χ1n) is 7.33. The number of halogens is 1. The molecule has 2 N–H and O–H groups in total. The summed E-state index contributed by atoms with van der Waals surface area (Å²) in [5.41, 5.74) is 3.55. The summed E-state index contributed by atoms with van der Waals surface area (Å²) in [6.07, 6.45) is 0. The number of hydrogen-bond donors (Lipinski definition) is 2. The van der Waals surface area contributed by atoms with Crippen LogP contribution in [-0.4, -0.2) is 31.9 Å². The standard InChI is InChI=1S/C15H16FN5O4S/c1-8-4-5-9(6-10(8)16)12(23)18-17-11(22)7-26-13-14(24)20(2)15(25)21(3)19-13/h4-6H,7H2,1-3H3,(H,17,22)(H,18,23). The van der Waals surface area contributed by atoms with Crippen LogP contribution in [-0.2, 0) is 18.9 Å². The second kappa shape index (κ2) is 7.95. The van der Waals surface area contributed by atoms with Gasteiger partial charge in [-0.25, -0.2) is 13.9 Å². The molecule has 138 valence electrons. The number of hydrazine groups is 1. The zero-order valence-corrected chi connectivity index (χ0v) is 15.0. The molecule has 0 saturated carbocycles. The fraction of sp³-hybridized carbons (Fsp3) is 0.267. The molecule has 0 unspecified atom stereocenters. The number of aryl methyl sites for hydroxylation is 2. The molecule has 0 spiro atoms. The van der Waals surface area contributed by atoms with E-state index in [2.05, 4.69) is 16.0 Å². The van der Waals surface area contributed by atoms with Crippen molar-refractivity contribution in [1.29, 1.82) is 0 Å². The van der Waals surface area contributed by atoms with E-state index in [1.165, 1.54) is 26.2 Å². The first-order valence-corrected chi connectivity index (χ1v) is 8.31. The molecule has 0 aliphatic heterocycles. The molecule has 1 aromatic carbocycles. The van der Waals surface area contributed by atoms with Crippen molar-refractivity contribution in [2.24, 2.45) is 14.1 Å². The smallest absolute Gasteiger partial charge is 0.272 e. The minimum absolute atomic E-state index is 0.0308. The Hall–Kier alpha value is -2.95. The normalized spacial score (nSPS) is 10.5. The Bertz CT molecular complexity index is 985.